The lowest BCUT2D eigenvalue weighted by Gasteiger charge is -2.24. The molecule has 1 saturated carbocycles. The zero-order chi connectivity index (χ0) is 17.1. The summed E-state index contributed by atoms with van der Waals surface area (Å²) in [6.07, 6.45) is 2.45. The maximum atomic E-state index is 12.2. The van der Waals surface area contributed by atoms with Crippen LogP contribution in [-0.4, -0.2) is 47.0 Å². The third-order valence-electron chi connectivity index (χ3n) is 4.37. The fourth-order valence-corrected chi connectivity index (χ4v) is 3.15. The van der Waals surface area contributed by atoms with Gasteiger partial charge in [0.25, 0.3) is 5.22 Å². The smallest absolute Gasteiger partial charge is 0.277 e. The van der Waals surface area contributed by atoms with Crippen LogP contribution in [0.4, 0.5) is 0 Å². The van der Waals surface area contributed by atoms with Crippen LogP contribution in [-0.2, 0) is 4.79 Å². The Balaban J connectivity index is 1.56. The van der Waals surface area contributed by atoms with Crippen molar-refractivity contribution in [1.82, 2.24) is 15.1 Å². The Hall–Kier alpha value is -2.02. The summed E-state index contributed by atoms with van der Waals surface area (Å²) in [5, 5.41) is 8.44. The van der Waals surface area contributed by atoms with Gasteiger partial charge in [-0.25, -0.2) is 0 Å². The number of hydrogen-bond donors (Lipinski definition) is 0. The molecule has 0 bridgehead atoms. The maximum absolute atomic E-state index is 12.2. The van der Waals surface area contributed by atoms with Crippen molar-refractivity contribution in [3.8, 4) is 17.2 Å². The van der Waals surface area contributed by atoms with Crippen LogP contribution in [0, 0.1) is 5.92 Å². The molecule has 7 heteroatoms. The molecule has 3 rings (SSSR count). The van der Waals surface area contributed by atoms with Gasteiger partial charge in [-0.1, -0.05) is 11.8 Å². The van der Waals surface area contributed by atoms with Crippen LogP contribution in [0.2, 0.25) is 0 Å². The van der Waals surface area contributed by atoms with Crippen LogP contribution >= 0.6 is 11.8 Å². The van der Waals surface area contributed by atoms with Gasteiger partial charge in [0, 0.05) is 18.7 Å². The van der Waals surface area contributed by atoms with E-state index in [0.29, 0.717) is 28.8 Å². The Labute approximate surface area is 145 Å². The summed E-state index contributed by atoms with van der Waals surface area (Å²) in [5.74, 6) is 2.26. The van der Waals surface area contributed by atoms with Gasteiger partial charge in [-0.15, -0.1) is 10.2 Å². The molecule has 0 spiro atoms. The van der Waals surface area contributed by atoms with Gasteiger partial charge in [0.2, 0.25) is 11.8 Å². The van der Waals surface area contributed by atoms with Gasteiger partial charge < -0.3 is 14.1 Å². The van der Waals surface area contributed by atoms with E-state index >= 15 is 0 Å². The number of nitrogens with zero attached hydrogens (tertiary/aromatic N) is 3. The minimum Gasteiger partial charge on any atom is -0.497 e. The van der Waals surface area contributed by atoms with E-state index in [1.165, 1.54) is 24.6 Å². The number of carbonyl (C=O) groups is 1. The number of aromatic nitrogens is 2. The lowest BCUT2D eigenvalue weighted by molar-refractivity contribution is -0.129. The van der Waals surface area contributed by atoms with Crippen molar-refractivity contribution in [2.24, 2.45) is 5.92 Å². The molecule has 1 atom stereocenters. The first kappa shape index (κ1) is 16.8. The molecule has 24 heavy (non-hydrogen) atoms. The van der Waals surface area contributed by atoms with Crippen LogP contribution in [0.5, 0.6) is 5.75 Å². The van der Waals surface area contributed by atoms with Crippen molar-refractivity contribution in [2.45, 2.75) is 31.0 Å². The Kier molecular flexibility index (Phi) is 5.08. The summed E-state index contributed by atoms with van der Waals surface area (Å²) in [6, 6.07) is 7.69. The van der Waals surface area contributed by atoms with Gasteiger partial charge in [0.05, 0.1) is 12.9 Å². The van der Waals surface area contributed by atoms with Gasteiger partial charge in [-0.3, -0.25) is 4.79 Å². The van der Waals surface area contributed by atoms with Crippen molar-refractivity contribution >= 4 is 17.7 Å². The number of hydrogen-bond acceptors (Lipinski definition) is 6. The molecule has 1 unspecified atom stereocenters. The van der Waals surface area contributed by atoms with Gasteiger partial charge in [0.15, 0.2) is 0 Å². The number of methoxy groups -OCH3 is 1. The van der Waals surface area contributed by atoms with Gasteiger partial charge in [0.1, 0.15) is 5.75 Å². The van der Waals surface area contributed by atoms with Crippen molar-refractivity contribution in [2.75, 3.05) is 19.9 Å². The van der Waals surface area contributed by atoms with Crippen molar-refractivity contribution < 1.29 is 13.9 Å². The van der Waals surface area contributed by atoms with E-state index in [1.54, 1.807) is 7.11 Å². The summed E-state index contributed by atoms with van der Waals surface area (Å²) in [7, 11) is 3.48. The Morgan fingerprint density at radius 2 is 2.08 bits per heavy atom. The third-order valence-corrected chi connectivity index (χ3v) is 5.17. The zero-order valence-corrected chi connectivity index (χ0v) is 14.9. The predicted molar refractivity (Wildman–Crippen MR) is 92.0 cm³/mol. The third kappa shape index (κ3) is 3.90. The van der Waals surface area contributed by atoms with Gasteiger partial charge in [-0.05, 0) is 49.9 Å². The van der Waals surface area contributed by atoms with Crippen molar-refractivity contribution in [3.05, 3.63) is 24.3 Å². The van der Waals surface area contributed by atoms with E-state index in [9.17, 15) is 4.79 Å². The van der Waals surface area contributed by atoms with Crippen LogP contribution in [0.25, 0.3) is 11.5 Å². The molecular weight excluding hydrogens is 326 g/mol. The number of amides is 1. The first-order valence-electron chi connectivity index (χ1n) is 7.95. The normalized spacial score (nSPS) is 15.1. The number of ether oxygens (including phenoxy) is 1. The van der Waals surface area contributed by atoms with E-state index < -0.39 is 0 Å². The van der Waals surface area contributed by atoms with Crippen LogP contribution in [0.1, 0.15) is 19.8 Å². The molecule has 1 aliphatic carbocycles. The molecule has 0 radical (unpaired) electrons. The lowest BCUT2D eigenvalue weighted by Crippen LogP contribution is -2.37. The number of rotatable bonds is 7. The van der Waals surface area contributed by atoms with E-state index in [1.807, 2.05) is 36.2 Å². The minimum absolute atomic E-state index is 0.0867. The molecule has 2 aromatic rings. The summed E-state index contributed by atoms with van der Waals surface area (Å²) in [5.41, 5.74) is 0.820. The quantitative estimate of drug-likeness (QED) is 0.717. The highest BCUT2D eigenvalue weighted by molar-refractivity contribution is 7.99. The van der Waals surface area contributed by atoms with Crippen molar-refractivity contribution in [1.29, 1.82) is 0 Å². The van der Waals surface area contributed by atoms with E-state index in [4.69, 9.17) is 9.15 Å². The van der Waals surface area contributed by atoms with E-state index in [2.05, 4.69) is 17.1 Å². The molecule has 1 fully saturated rings. The second kappa shape index (κ2) is 7.25. The van der Waals surface area contributed by atoms with Crippen LogP contribution in [0.15, 0.2) is 33.9 Å². The topological polar surface area (TPSA) is 68.5 Å². The molecule has 6 nitrogen and oxygen atoms in total. The molecule has 1 aromatic carbocycles. The van der Waals surface area contributed by atoms with Crippen LogP contribution < -0.4 is 4.74 Å². The number of carbonyl (C=O) groups excluding carboxylic acids is 1. The standard InChI is InChI=1S/C17H21N3O3S/c1-11(12-4-5-12)20(2)15(21)10-24-17-19-18-16(23-17)13-6-8-14(22-3)9-7-13/h6-9,11-12H,4-5,10H2,1-3H3. The predicted octanol–water partition coefficient (Wildman–Crippen LogP) is 3.09. The first-order chi connectivity index (χ1) is 11.6. The Morgan fingerprint density at radius 1 is 1.38 bits per heavy atom. The minimum atomic E-state index is 0.0867. The molecular formula is C17H21N3O3S. The first-order valence-corrected chi connectivity index (χ1v) is 8.93. The van der Waals surface area contributed by atoms with Gasteiger partial charge in [-0.2, -0.15) is 0 Å². The fourth-order valence-electron chi connectivity index (χ4n) is 2.47. The molecule has 0 N–H and O–H groups in total. The summed E-state index contributed by atoms with van der Waals surface area (Å²) < 4.78 is 10.7. The maximum Gasteiger partial charge on any atom is 0.277 e. The summed E-state index contributed by atoms with van der Waals surface area (Å²) in [6.45, 7) is 2.11. The molecule has 1 aromatic heterocycles. The zero-order valence-electron chi connectivity index (χ0n) is 14.1. The highest BCUT2D eigenvalue weighted by atomic mass is 32.2. The van der Waals surface area contributed by atoms with E-state index in [-0.39, 0.29) is 5.91 Å². The summed E-state index contributed by atoms with van der Waals surface area (Å²) >= 11 is 1.27. The number of thioether (sulfide) groups is 1. The largest absolute Gasteiger partial charge is 0.497 e. The molecule has 0 aliphatic heterocycles. The highest BCUT2D eigenvalue weighted by Crippen LogP contribution is 2.35. The van der Waals surface area contributed by atoms with Gasteiger partial charge >= 0.3 is 0 Å². The van der Waals surface area contributed by atoms with E-state index in [0.717, 1.165) is 11.3 Å². The molecule has 1 aliphatic rings. The lowest BCUT2D eigenvalue weighted by atomic mass is 10.2. The second-order valence-corrected chi connectivity index (χ2v) is 6.90. The average molecular weight is 347 g/mol. The molecule has 0 saturated heterocycles. The van der Waals surface area contributed by atoms with Crippen LogP contribution in [0.3, 0.4) is 0 Å². The monoisotopic (exact) mass is 347 g/mol. The highest BCUT2D eigenvalue weighted by Gasteiger charge is 2.32. The Morgan fingerprint density at radius 3 is 2.71 bits per heavy atom. The summed E-state index contributed by atoms with van der Waals surface area (Å²) in [4.78, 5) is 14.1. The molecule has 128 valence electrons. The Bertz CT molecular complexity index is 697. The average Bonchev–Trinajstić information content (AvgIpc) is 3.36. The fraction of sp³-hybridized carbons (Fsp3) is 0.471. The number of benzene rings is 1. The molecule has 1 amide bonds. The SMILES string of the molecule is COc1ccc(-c2nnc(SCC(=O)N(C)C(C)C3CC3)o2)cc1. The molecule has 1 heterocycles. The second-order valence-electron chi connectivity index (χ2n) is 5.97. The van der Waals surface area contributed by atoms with Crippen molar-refractivity contribution in [3.63, 3.8) is 0 Å².